The number of aryl methyl sites for hydroxylation is 1. The molecule has 1 aliphatic rings. The van der Waals surface area contributed by atoms with Gasteiger partial charge in [-0.1, -0.05) is 19.1 Å². The first kappa shape index (κ1) is 32.6. The molecule has 1 aliphatic heterocycles. The number of carbonyl (C=O) groups excluding carboxylic acids is 1. The van der Waals surface area contributed by atoms with Crippen LogP contribution in [0, 0.1) is 11.3 Å². The largest absolute Gasteiger partial charge is 0.492 e. The highest BCUT2D eigenvalue weighted by molar-refractivity contribution is 6.05. The van der Waals surface area contributed by atoms with Crippen LogP contribution in [0.2, 0.25) is 0 Å². The Morgan fingerprint density at radius 3 is 2.81 bits per heavy atom. The Balaban J connectivity index is 1.32. The van der Waals surface area contributed by atoms with Gasteiger partial charge in [0, 0.05) is 53.4 Å². The molecule has 3 aromatic heterocycles. The van der Waals surface area contributed by atoms with E-state index >= 15 is 0 Å². The lowest BCUT2D eigenvalue weighted by Gasteiger charge is -2.41. The molecule has 0 bridgehead atoms. The maximum atomic E-state index is 13.2. The molecule has 246 valence electrons. The van der Waals surface area contributed by atoms with Crippen molar-refractivity contribution in [1.82, 2.24) is 24.6 Å². The zero-order valence-corrected chi connectivity index (χ0v) is 27.8. The third-order valence-electron chi connectivity index (χ3n) is 8.53. The third kappa shape index (κ3) is 7.00. The summed E-state index contributed by atoms with van der Waals surface area (Å²) in [6.45, 7) is 11.9. The van der Waals surface area contributed by atoms with Gasteiger partial charge in [0.2, 0.25) is 5.91 Å². The van der Waals surface area contributed by atoms with E-state index in [9.17, 15) is 10.1 Å². The first-order chi connectivity index (χ1) is 23.3. The van der Waals surface area contributed by atoms with Crippen molar-refractivity contribution in [2.45, 2.75) is 46.2 Å². The molecule has 2 aromatic carbocycles. The van der Waals surface area contributed by atoms with Crippen LogP contribution in [0.15, 0.2) is 73.1 Å². The van der Waals surface area contributed by atoms with Crippen LogP contribution in [0.3, 0.4) is 0 Å². The van der Waals surface area contributed by atoms with Gasteiger partial charge < -0.3 is 20.1 Å². The number of rotatable bonds is 11. The number of fused-ring (bicyclic) bond motifs is 2. The van der Waals surface area contributed by atoms with Crippen molar-refractivity contribution in [3.8, 4) is 11.8 Å². The maximum absolute atomic E-state index is 13.2. The number of morpholine rings is 1. The summed E-state index contributed by atoms with van der Waals surface area (Å²) in [6.07, 6.45) is 7.59. The summed E-state index contributed by atoms with van der Waals surface area (Å²) >= 11 is 0. The van der Waals surface area contributed by atoms with Crippen LogP contribution in [0.1, 0.15) is 44.6 Å². The molecule has 0 spiro atoms. The quantitative estimate of drug-likeness (QED) is 0.161. The molecule has 0 atom stereocenters. The number of amides is 1. The fourth-order valence-electron chi connectivity index (χ4n) is 5.99. The van der Waals surface area contributed by atoms with E-state index in [0.717, 1.165) is 28.8 Å². The highest BCUT2D eigenvalue weighted by Gasteiger charge is 2.29. The van der Waals surface area contributed by atoms with E-state index in [1.807, 2.05) is 79.3 Å². The minimum atomic E-state index is -0.275. The lowest BCUT2D eigenvalue weighted by molar-refractivity contribution is -0.112. The molecule has 0 radical (unpaired) electrons. The molecule has 11 heteroatoms. The van der Waals surface area contributed by atoms with Crippen molar-refractivity contribution in [1.29, 1.82) is 5.26 Å². The van der Waals surface area contributed by atoms with E-state index < -0.39 is 0 Å². The van der Waals surface area contributed by atoms with Crippen molar-refractivity contribution in [2.75, 3.05) is 43.5 Å². The van der Waals surface area contributed by atoms with Crippen LogP contribution in [0.4, 0.5) is 17.1 Å². The van der Waals surface area contributed by atoms with Crippen molar-refractivity contribution >= 4 is 44.8 Å². The number of ether oxygens (including phenoxy) is 2. The predicted molar refractivity (Wildman–Crippen MR) is 188 cm³/mol. The second kappa shape index (κ2) is 14.2. The number of hydrogen-bond donors (Lipinski definition) is 2. The minimum absolute atomic E-state index is 0.101. The summed E-state index contributed by atoms with van der Waals surface area (Å²) in [5, 5.41) is 23.0. The van der Waals surface area contributed by atoms with Gasteiger partial charge in [0.25, 0.3) is 0 Å². The molecule has 2 N–H and O–H groups in total. The van der Waals surface area contributed by atoms with Crippen LogP contribution < -0.4 is 15.4 Å². The van der Waals surface area contributed by atoms with Crippen LogP contribution in [-0.4, -0.2) is 69.0 Å². The summed E-state index contributed by atoms with van der Waals surface area (Å²) in [7, 11) is 0. The van der Waals surface area contributed by atoms with Gasteiger partial charge in [-0.3, -0.25) is 24.3 Å². The number of aromatic nitrogens is 4. The molecule has 1 fully saturated rings. The third-order valence-corrected chi connectivity index (χ3v) is 8.53. The van der Waals surface area contributed by atoms with E-state index in [4.69, 9.17) is 14.5 Å². The Kier molecular flexibility index (Phi) is 9.66. The molecule has 4 heterocycles. The zero-order chi connectivity index (χ0) is 33.7. The SMILES string of the molecule is CCOc1cc2nc(CC)c(C#N)c(Nc3ccc4c(cnn4Cc4ccccn4)c3)c2cc1NC(=O)/C=C/CN1CCOCC1(C)C. The van der Waals surface area contributed by atoms with Gasteiger partial charge in [0.15, 0.2) is 0 Å². The number of nitrogens with one attached hydrogen (secondary N) is 2. The number of nitriles is 1. The van der Waals surface area contributed by atoms with E-state index in [0.29, 0.717) is 78.6 Å². The maximum Gasteiger partial charge on any atom is 0.248 e. The van der Waals surface area contributed by atoms with Crippen molar-refractivity contribution < 1.29 is 14.3 Å². The van der Waals surface area contributed by atoms with E-state index in [1.54, 1.807) is 12.3 Å². The van der Waals surface area contributed by atoms with Gasteiger partial charge in [0.1, 0.15) is 11.8 Å². The van der Waals surface area contributed by atoms with Crippen LogP contribution in [0.5, 0.6) is 5.75 Å². The van der Waals surface area contributed by atoms with Gasteiger partial charge in [-0.15, -0.1) is 0 Å². The van der Waals surface area contributed by atoms with Gasteiger partial charge in [-0.05, 0) is 63.6 Å². The van der Waals surface area contributed by atoms with Crippen LogP contribution in [-0.2, 0) is 22.5 Å². The van der Waals surface area contributed by atoms with E-state index in [-0.39, 0.29) is 11.4 Å². The van der Waals surface area contributed by atoms with Crippen LogP contribution >= 0.6 is 0 Å². The molecule has 6 rings (SSSR count). The van der Waals surface area contributed by atoms with Gasteiger partial charge >= 0.3 is 0 Å². The van der Waals surface area contributed by atoms with Gasteiger partial charge in [0.05, 0.1) is 71.9 Å². The standard InChI is InChI=1S/C37H40N8O3/c1-5-30-29(21-38)36(41-26-12-13-33-25(18-26)22-40-45(33)23-27-10-7-8-14-39-27)28-19-32(34(48-6-2)20-31(28)42-30)43-35(46)11-9-15-44-16-17-47-24-37(44,3)4/h7-14,18-20,22H,5-6,15-17,23-24H2,1-4H3,(H,41,42)(H,43,46)/b11-9+. The van der Waals surface area contributed by atoms with Gasteiger partial charge in [-0.2, -0.15) is 10.4 Å². The van der Waals surface area contributed by atoms with Crippen molar-refractivity contribution in [3.05, 3.63) is 90.0 Å². The average molecular weight is 645 g/mol. The molecule has 0 unspecified atom stereocenters. The number of anilines is 3. The van der Waals surface area contributed by atoms with Crippen molar-refractivity contribution in [2.24, 2.45) is 0 Å². The molecular formula is C37H40N8O3. The molecule has 0 saturated carbocycles. The Hall–Kier alpha value is -5.31. The first-order valence-electron chi connectivity index (χ1n) is 16.3. The topological polar surface area (TPSA) is 130 Å². The first-order valence-corrected chi connectivity index (χ1v) is 16.3. The molecule has 5 aromatic rings. The summed E-state index contributed by atoms with van der Waals surface area (Å²) in [4.78, 5) is 24.7. The second-order valence-electron chi connectivity index (χ2n) is 12.3. The van der Waals surface area contributed by atoms with E-state index in [2.05, 4.69) is 45.5 Å². The normalized spacial score (nSPS) is 14.7. The number of pyridine rings is 2. The second-order valence-corrected chi connectivity index (χ2v) is 12.3. The Morgan fingerprint density at radius 1 is 1.19 bits per heavy atom. The Labute approximate surface area is 280 Å². The Bertz CT molecular complexity index is 2010. The monoisotopic (exact) mass is 644 g/mol. The van der Waals surface area contributed by atoms with Crippen molar-refractivity contribution in [3.63, 3.8) is 0 Å². The lowest BCUT2D eigenvalue weighted by atomic mass is 10.0. The van der Waals surface area contributed by atoms with E-state index in [1.165, 1.54) is 0 Å². The highest BCUT2D eigenvalue weighted by Crippen LogP contribution is 2.38. The predicted octanol–water partition coefficient (Wildman–Crippen LogP) is 6.21. The number of benzene rings is 2. The fraction of sp³-hybridized carbons (Fsp3) is 0.324. The zero-order valence-electron chi connectivity index (χ0n) is 27.8. The minimum Gasteiger partial charge on any atom is -0.492 e. The molecular weight excluding hydrogens is 604 g/mol. The summed E-state index contributed by atoms with van der Waals surface area (Å²) in [5.74, 6) is 0.232. The van der Waals surface area contributed by atoms with Gasteiger partial charge in [-0.25, -0.2) is 0 Å². The molecule has 48 heavy (non-hydrogen) atoms. The smallest absolute Gasteiger partial charge is 0.248 e. The number of hydrogen-bond acceptors (Lipinski definition) is 9. The molecule has 11 nitrogen and oxygen atoms in total. The fourth-order valence-corrected chi connectivity index (χ4v) is 5.99. The Morgan fingerprint density at radius 2 is 2.06 bits per heavy atom. The molecule has 1 amide bonds. The average Bonchev–Trinajstić information content (AvgIpc) is 3.47. The summed E-state index contributed by atoms with van der Waals surface area (Å²) in [6, 6.07) is 17.8. The molecule has 0 aliphatic carbocycles. The summed E-state index contributed by atoms with van der Waals surface area (Å²) in [5.41, 5.74) is 5.47. The number of nitrogens with zero attached hydrogens (tertiary/aromatic N) is 6. The summed E-state index contributed by atoms with van der Waals surface area (Å²) < 4.78 is 13.5. The highest BCUT2D eigenvalue weighted by atomic mass is 16.5. The van der Waals surface area contributed by atoms with Crippen LogP contribution in [0.25, 0.3) is 21.8 Å². The molecule has 1 saturated heterocycles. The lowest BCUT2D eigenvalue weighted by Crippen LogP contribution is -2.52. The number of carbonyl (C=O) groups is 1.